The Kier molecular flexibility index (Phi) is 4.32. The van der Waals surface area contributed by atoms with Crippen molar-refractivity contribution in [3.8, 4) is 0 Å². The first-order valence-electron chi connectivity index (χ1n) is 11.3. The van der Waals surface area contributed by atoms with Gasteiger partial charge in [0.25, 0.3) is 0 Å². The molecule has 6 aliphatic rings. The van der Waals surface area contributed by atoms with E-state index >= 15 is 0 Å². The maximum Gasteiger partial charge on any atom is 0.330 e. The van der Waals surface area contributed by atoms with E-state index in [1.54, 1.807) is 13.0 Å². The Morgan fingerprint density at radius 1 is 1.26 bits per heavy atom. The first kappa shape index (κ1) is 21.3. The molecule has 9 unspecified atom stereocenters. The third-order valence-corrected chi connectivity index (χ3v) is 9.39. The number of carbonyl (C=O) groups excluding carboxylic acids is 2. The van der Waals surface area contributed by atoms with Gasteiger partial charge in [-0.3, -0.25) is 4.79 Å². The van der Waals surface area contributed by atoms with Crippen LogP contribution in [0, 0.1) is 34.0 Å². The molecule has 7 nitrogen and oxygen atoms in total. The van der Waals surface area contributed by atoms with Crippen molar-refractivity contribution < 1.29 is 34.4 Å². The predicted octanol–water partition coefficient (Wildman–Crippen LogP) is 1.50. The first-order valence-corrected chi connectivity index (χ1v) is 11.3. The number of ketones is 1. The molecule has 7 heteroatoms. The highest BCUT2D eigenvalue weighted by atomic mass is 16.6. The Morgan fingerprint density at radius 2 is 1.97 bits per heavy atom. The normalized spacial score (nSPS) is 52.2. The summed E-state index contributed by atoms with van der Waals surface area (Å²) >= 11 is 0. The molecule has 170 valence electrons. The molecule has 4 saturated carbocycles. The smallest absolute Gasteiger partial charge is 0.330 e. The number of rotatable bonds is 2. The predicted molar refractivity (Wildman–Crippen MR) is 109 cm³/mol. The summed E-state index contributed by atoms with van der Waals surface area (Å²) < 4.78 is 11.8. The molecule has 0 aromatic carbocycles. The van der Waals surface area contributed by atoms with E-state index < -0.39 is 64.4 Å². The second-order valence-corrected chi connectivity index (χ2v) is 10.9. The highest BCUT2D eigenvalue weighted by Gasteiger charge is 2.87. The minimum atomic E-state index is -2.21. The highest BCUT2D eigenvalue weighted by molar-refractivity contribution is 6.05. The third kappa shape index (κ3) is 2.14. The Morgan fingerprint density at radius 3 is 2.65 bits per heavy atom. The van der Waals surface area contributed by atoms with Gasteiger partial charge in [0.05, 0.1) is 12.7 Å². The summed E-state index contributed by atoms with van der Waals surface area (Å²) in [6.45, 7) is 9.81. The van der Waals surface area contributed by atoms with Gasteiger partial charge < -0.3 is 24.8 Å². The number of aliphatic hydroxyl groups excluding tert-OH is 2. The standard InChI is InChI=1S/C24H32O7/c1-5-6-16(26)31-20-13-7-8-14-22-11-30-24(29,23(14,20)18(27)12(13)2)19(28)17(22)21(3,4)10-9-15(22)25/h5-6,13-15,17,19-20,25,28-29H,2,7-11H2,1,3-4H3. The second kappa shape index (κ2) is 6.28. The number of esters is 1. The zero-order valence-corrected chi connectivity index (χ0v) is 18.3. The van der Waals surface area contributed by atoms with Crippen LogP contribution in [0.15, 0.2) is 24.3 Å². The molecule has 2 saturated heterocycles. The Balaban J connectivity index is 1.75. The zero-order valence-electron chi connectivity index (χ0n) is 18.3. The quantitative estimate of drug-likeness (QED) is 0.448. The number of aliphatic hydroxyl groups is 3. The average molecular weight is 433 g/mol. The molecular formula is C24H32O7. The third-order valence-electron chi connectivity index (χ3n) is 9.39. The number of ether oxygens (including phenoxy) is 2. The molecule has 2 aliphatic heterocycles. The van der Waals surface area contributed by atoms with Gasteiger partial charge in [0, 0.05) is 23.3 Å². The lowest BCUT2D eigenvalue weighted by Crippen LogP contribution is -2.85. The van der Waals surface area contributed by atoms with E-state index in [1.165, 1.54) is 6.08 Å². The fraction of sp³-hybridized carbons (Fsp3) is 0.750. The fourth-order valence-electron chi connectivity index (χ4n) is 8.34. The number of hydrogen-bond donors (Lipinski definition) is 3. The van der Waals surface area contributed by atoms with Crippen molar-refractivity contribution in [2.24, 2.45) is 34.0 Å². The monoisotopic (exact) mass is 432 g/mol. The van der Waals surface area contributed by atoms with Crippen molar-refractivity contribution in [1.29, 1.82) is 0 Å². The van der Waals surface area contributed by atoms with Crippen LogP contribution in [0.2, 0.25) is 0 Å². The van der Waals surface area contributed by atoms with Crippen molar-refractivity contribution in [1.82, 2.24) is 0 Å². The molecule has 0 aromatic heterocycles. The Labute approximate surface area is 182 Å². The average Bonchev–Trinajstić information content (AvgIpc) is 2.82. The van der Waals surface area contributed by atoms with Crippen molar-refractivity contribution in [2.45, 2.75) is 70.6 Å². The fourth-order valence-corrected chi connectivity index (χ4v) is 8.34. The molecule has 0 radical (unpaired) electrons. The number of carbonyl (C=O) groups is 2. The van der Waals surface area contributed by atoms with Gasteiger partial charge in [-0.05, 0) is 49.5 Å². The molecule has 6 rings (SSSR count). The minimum Gasteiger partial charge on any atom is -0.457 e. The summed E-state index contributed by atoms with van der Waals surface area (Å²) in [5.74, 6) is -4.63. The van der Waals surface area contributed by atoms with Gasteiger partial charge in [-0.25, -0.2) is 4.79 Å². The van der Waals surface area contributed by atoms with E-state index in [1.807, 2.05) is 13.8 Å². The number of hydrogen-bond acceptors (Lipinski definition) is 7. The molecule has 6 fully saturated rings. The van der Waals surface area contributed by atoms with Gasteiger partial charge in [-0.2, -0.15) is 0 Å². The maximum atomic E-state index is 13.8. The van der Waals surface area contributed by atoms with Crippen LogP contribution in [0.1, 0.15) is 46.5 Å². The summed E-state index contributed by atoms with van der Waals surface area (Å²) in [6.07, 6.45) is 1.97. The number of allylic oxidation sites excluding steroid dienone is 1. The van der Waals surface area contributed by atoms with E-state index in [0.717, 1.165) is 0 Å². The van der Waals surface area contributed by atoms with Gasteiger partial charge in [-0.1, -0.05) is 26.5 Å². The molecule has 9 atom stereocenters. The van der Waals surface area contributed by atoms with Crippen molar-refractivity contribution in [3.63, 3.8) is 0 Å². The van der Waals surface area contributed by atoms with Crippen LogP contribution < -0.4 is 0 Å². The minimum absolute atomic E-state index is 0.0577. The molecule has 2 spiro atoms. The van der Waals surface area contributed by atoms with E-state index in [4.69, 9.17) is 9.47 Å². The lowest BCUT2D eigenvalue weighted by molar-refractivity contribution is -0.458. The van der Waals surface area contributed by atoms with Gasteiger partial charge in [0.1, 0.15) is 17.6 Å². The lowest BCUT2D eigenvalue weighted by Gasteiger charge is -2.74. The molecule has 31 heavy (non-hydrogen) atoms. The highest BCUT2D eigenvalue weighted by Crippen LogP contribution is 2.76. The van der Waals surface area contributed by atoms with Gasteiger partial charge >= 0.3 is 5.97 Å². The maximum absolute atomic E-state index is 13.8. The van der Waals surface area contributed by atoms with Crippen molar-refractivity contribution in [2.75, 3.05) is 6.61 Å². The topological polar surface area (TPSA) is 113 Å². The molecule has 4 aliphatic carbocycles. The summed E-state index contributed by atoms with van der Waals surface area (Å²) in [4.78, 5) is 26.3. The zero-order chi connectivity index (χ0) is 22.6. The largest absolute Gasteiger partial charge is 0.457 e. The number of Topliss-reactive ketones (excluding diaryl/α,β-unsaturated/α-hetero) is 1. The van der Waals surface area contributed by atoms with Crippen LogP contribution in [0.4, 0.5) is 0 Å². The molecular weight excluding hydrogens is 400 g/mol. The molecule has 2 heterocycles. The van der Waals surface area contributed by atoms with Crippen LogP contribution in [0.5, 0.6) is 0 Å². The van der Waals surface area contributed by atoms with E-state index in [2.05, 4.69) is 6.58 Å². The van der Waals surface area contributed by atoms with Crippen LogP contribution in [-0.4, -0.2) is 57.8 Å². The first-order chi connectivity index (χ1) is 14.5. The summed E-state index contributed by atoms with van der Waals surface area (Å²) in [6, 6.07) is 0. The van der Waals surface area contributed by atoms with E-state index in [0.29, 0.717) is 31.3 Å². The molecule has 3 N–H and O–H groups in total. The number of fused-ring (bicyclic) bond motifs is 2. The molecule has 0 aromatic rings. The van der Waals surface area contributed by atoms with Gasteiger partial charge in [-0.15, -0.1) is 0 Å². The summed E-state index contributed by atoms with van der Waals surface area (Å²) in [5.41, 5.74) is -2.66. The summed E-state index contributed by atoms with van der Waals surface area (Å²) in [5, 5.41) is 34.9. The van der Waals surface area contributed by atoms with Crippen molar-refractivity contribution in [3.05, 3.63) is 24.3 Å². The Hall–Kier alpha value is -1.54. The SMILES string of the molecule is C=C1C(=O)C23C(OC(=O)C=CC)C1CCC2C12COC3(O)C(O)C1C(C)(C)CCC2O. The van der Waals surface area contributed by atoms with Crippen LogP contribution >= 0.6 is 0 Å². The second-order valence-electron chi connectivity index (χ2n) is 10.9. The molecule has 4 bridgehead atoms. The van der Waals surface area contributed by atoms with Crippen molar-refractivity contribution >= 4 is 11.8 Å². The van der Waals surface area contributed by atoms with E-state index in [9.17, 15) is 24.9 Å². The Bertz CT molecular complexity index is 892. The molecule has 0 amide bonds. The lowest BCUT2D eigenvalue weighted by atomic mass is 9.35. The summed E-state index contributed by atoms with van der Waals surface area (Å²) in [7, 11) is 0. The van der Waals surface area contributed by atoms with Gasteiger partial charge in [0.15, 0.2) is 5.78 Å². The van der Waals surface area contributed by atoms with Crippen LogP contribution in [0.3, 0.4) is 0 Å². The van der Waals surface area contributed by atoms with Crippen LogP contribution in [0.25, 0.3) is 0 Å². The van der Waals surface area contributed by atoms with E-state index in [-0.39, 0.29) is 12.0 Å². The van der Waals surface area contributed by atoms with Crippen LogP contribution in [-0.2, 0) is 19.1 Å². The van der Waals surface area contributed by atoms with Gasteiger partial charge in [0.2, 0.25) is 5.79 Å².